The van der Waals surface area contributed by atoms with Gasteiger partial charge in [-0.15, -0.1) is 0 Å². The average Bonchev–Trinajstić information content (AvgIpc) is 2.29. The van der Waals surface area contributed by atoms with E-state index in [2.05, 4.69) is 15.3 Å². The molecule has 0 saturated heterocycles. The summed E-state index contributed by atoms with van der Waals surface area (Å²) in [5.41, 5.74) is 0.409. The minimum atomic E-state index is 0.409. The van der Waals surface area contributed by atoms with Crippen LogP contribution in [0.15, 0.2) is 24.5 Å². The Balaban J connectivity index is 2.70. The summed E-state index contributed by atoms with van der Waals surface area (Å²) >= 11 is 0. The minimum absolute atomic E-state index is 0.409. The van der Waals surface area contributed by atoms with Gasteiger partial charge in [0, 0.05) is 29.7 Å². The first-order chi connectivity index (χ1) is 7.35. The lowest BCUT2D eigenvalue weighted by atomic mass is 10.2. The number of nitrogens with one attached hydrogen (secondary N) is 1. The van der Waals surface area contributed by atoms with Crippen LogP contribution in [0.3, 0.4) is 0 Å². The first-order valence-corrected chi connectivity index (χ1v) is 4.74. The Kier molecular flexibility index (Phi) is 2.46. The van der Waals surface area contributed by atoms with Crippen LogP contribution in [0.25, 0.3) is 10.8 Å². The topological polar surface area (TPSA) is 61.6 Å². The molecule has 0 aliphatic heterocycles. The van der Waals surface area contributed by atoms with E-state index in [0.29, 0.717) is 5.69 Å². The summed E-state index contributed by atoms with van der Waals surface area (Å²) in [4.78, 5) is 8.23. The van der Waals surface area contributed by atoms with Crippen LogP contribution in [-0.4, -0.2) is 16.5 Å². The summed E-state index contributed by atoms with van der Waals surface area (Å²) in [5.74, 6) is 0.744. The molecule has 2 heterocycles. The molecule has 0 fully saturated rings. The Morgan fingerprint density at radius 3 is 3.13 bits per heavy atom. The van der Waals surface area contributed by atoms with Crippen molar-refractivity contribution in [3.05, 3.63) is 30.2 Å². The van der Waals surface area contributed by atoms with Crippen molar-refractivity contribution in [3.8, 4) is 6.07 Å². The monoisotopic (exact) mass is 198 g/mol. The maximum absolute atomic E-state index is 8.83. The Morgan fingerprint density at radius 1 is 1.53 bits per heavy atom. The van der Waals surface area contributed by atoms with E-state index in [1.165, 1.54) is 0 Å². The molecule has 0 spiro atoms. The summed E-state index contributed by atoms with van der Waals surface area (Å²) < 4.78 is 0. The van der Waals surface area contributed by atoms with Crippen LogP contribution in [0.4, 0.5) is 5.82 Å². The largest absolute Gasteiger partial charge is 0.370 e. The number of nitrogens with zero attached hydrogens (tertiary/aromatic N) is 3. The normalized spacial score (nSPS) is 9.87. The van der Waals surface area contributed by atoms with E-state index >= 15 is 0 Å². The number of fused-ring (bicyclic) bond motifs is 1. The fraction of sp³-hybridized carbons (Fsp3) is 0.182. The number of anilines is 1. The van der Waals surface area contributed by atoms with Crippen molar-refractivity contribution < 1.29 is 0 Å². The second-order valence-corrected chi connectivity index (χ2v) is 3.10. The molecule has 0 radical (unpaired) electrons. The zero-order valence-corrected chi connectivity index (χ0v) is 8.36. The smallest absolute Gasteiger partial charge is 0.143 e. The van der Waals surface area contributed by atoms with E-state index in [4.69, 9.17) is 5.26 Å². The molecule has 4 heteroatoms. The highest BCUT2D eigenvalue weighted by Crippen LogP contribution is 2.20. The quantitative estimate of drug-likeness (QED) is 0.800. The van der Waals surface area contributed by atoms with Gasteiger partial charge in [-0.25, -0.2) is 4.98 Å². The van der Waals surface area contributed by atoms with Gasteiger partial charge in [-0.05, 0) is 19.1 Å². The molecule has 0 aromatic carbocycles. The maximum atomic E-state index is 8.83. The van der Waals surface area contributed by atoms with Crippen molar-refractivity contribution in [2.75, 3.05) is 11.9 Å². The van der Waals surface area contributed by atoms with E-state index in [0.717, 1.165) is 23.1 Å². The molecule has 0 aliphatic carbocycles. The minimum Gasteiger partial charge on any atom is -0.370 e. The molecule has 0 unspecified atom stereocenters. The van der Waals surface area contributed by atoms with Gasteiger partial charge in [-0.2, -0.15) is 5.26 Å². The van der Waals surface area contributed by atoms with Crippen LogP contribution in [0.1, 0.15) is 12.6 Å². The second-order valence-electron chi connectivity index (χ2n) is 3.10. The van der Waals surface area contributed by atoms with E-state index in [9.17, 15) is 0 Å². The van der Waals surface area contributed by atoms with Gasteiger partial charge >= 0.3 is 0 Å². The Bertz CT molecular complexity index is 528. The number of aromatic nitrogens is 2. The van der Waals surface area contributed by atoms with Crippen LogP contribution in [-0.2, 0) is 0 Å². The first-order valence-electron chi connectivity index (χ1n) is 4.74. The molecule has 74 valence electrons. The number of hydrogen-bond acceptors (Lipinski definition) is 4. The zero-order valence-electron chi connectivity index (χ0n) is 8.36. The molecule has 2 aromatic rings. The third kappa shape index (κ3) is 1.72. The molecular formula is C11H10N4. The molecule has 2 aromatic heterocycles. The van der Waals surface area contributed by atoms with Crippen LogP contribution in [0, 0.1) is 11.3 Å². The summed E-state index contributed by atoms with van der Waals surface area (Å²) in [6, 6.07) is 5.67. The number of nitriles is 1. The van der Waals surface area contributed by atoms with Crippen LogP contribution >= 0.6 is 0 Å². The fourth-order valence-electron chi connectivity index (χ4n) is 1.46. The van der Waals surface area contributed by atoms with Crippen LogP contribution in [0.2, 0.25) is 0 Å². The highest BCUT2D eigenvalue weighted by Gasteiger charge is 2.04. The summed E-state index contributed by atoms with van der Waals surface area (Å²) in [7, 11) is 0. The van der Waals surface area contributed by atoms with Gasteiger partial charge in [-0.1, -0.05) is 0 Å². The molecule has 0 bridgehead atoms. The highest BCUT2D eigenvalue weighted by molar-refractivity contribution is 5.91. The number of rotatable bonds is 2. The molecule has 1 N–H and O–H groups in total. The van der Waals surface area contributed by atoms with Crippen molar-refractivity contribution in [3.63, 3.8) is 0 Å². The van der Waals surface area contributed by atoms with Crippen molar-refractivity contribution in [1.29, 1.82) is 5.26 Å². The van der Waals surface area contributed by atoms with Crippen LogP contribution in [0.5, 0.6) is 0 Å². The van der Waals surface area contributed by atoms with Gasteiger partial charge in [0.1, 0.15) is 17.6 Å². The van der Waals surface area contributed by atoms with E-state index in [1.807, 2.05) is 19.1 Å². The molecule has 2 rings (SSSR count). The lowest BCUT2D eigenvalue weighted by molar-refractivity contribution is 1.16. The molecular weight excluding hydrogens is 188 g/mol. The van der Waals surface area contributed by atoms with Crippen molar-refractivity contribution in [2.45, 2.75) is 6.92 Å². The van der Waals surface area contributed by atoms with Crippen molar-refractivity contribution >= 4 is 16.6 Å². The predicted molar refractivity (Wildman–Crippen MR) is 58.4 cm³/mol. The standard InChI is InChI=1S/C11H10N4/c1-2-14-11-10-3-4-13-7-8(10)5-9(6-12)15-11/h3-5,7H,2H2,1H3,(H,14,15). The van der Waals surface area contributed by atoms with Crippen molar-refractivity contribution in [2.24, 2.45) is 0 Å². The van der Waals surface area contributed by atoms with Gasteiger partial charge < -0.3 is 5.32 Å². The molecule has 4 nitrogen and oxygen atoms in total. The third-order valence-corrected chi connectivity index (χ3v) is 2.09. The number of pyridine rings is 2. The van der Waals surface area contributed by atoms with Crippen molar-refractivity contribution in [1.82, 2.24) is 9.97 Å². The lowest BCUT2D eigenvalue weighted by Crippen LogP contribution is -2.01. The second kappa shape index (κ2) is 3.93. The van der Waals surface area contributed by atoms with Gasteiger partial charge in [0.2, 0.25) is 0 Å². The average molecular weight is 198 g/mol. The van der Waals surface area contributed by atoms with Gasteiger partial charge in [0.25, 0.3) is 0 Å². The molecule has 0 atom stereocenters. The summed E-state index contributed by atoms with van der Waals surface area (Å²) in [6.07, 6.45) is 3.45. The Morgan fingerprint density at radius 2 is 2.40 bits per heavy atom. The van der Waals surface area contributed by atoms with E-state index in [-0.39, 0.29) is 0 Å². The van der Waals surface area contributed by atoms with E-state index in [1.54, 1.807) is 18.5 Å². The lowest BCUT2D eigenvalue weighted by Gasteiger charge is -2.06. The maximum Gasteiger partial charge on any atom is 0.143 e. The number of hydrogen-bond donors (Lipinski definition) is 1. The highest BCUT2D eigenvalue weighted by atomic mass is 15.0. The third-order valence-electron chi connectivity index (χ3n) is 2.09. The van der Waals surface area contributed by atoms with Gasteiger partial charge in [0.05, 0.1) is 0 Å². The van der Waals surface area contributed by atoms with Gasteiger partial charge in [-0.3, -0.25) is 4.98 Å². The zero-order chi connectivity index (χ0) is 10.7. The molecule has 0 aliphatic rings. The predicted octanol–water partition coefficient (Wildman–Crippen LogP) is 1.93. The SMILES string of the molecule is CCNc1nc(C#N)cc2cnccc12. The molecule has 0 amide bonds. The molecule has 15 heavy (non-hydrogen) atoms. The van der Waals surface area contributed by atoms with Crippen LogP contribution < -0.4 is 5.32 Å². The van der Waals surface area contributed by atoms with E-state index < -0.39 is 0 Å². The first kappa shape index (κ1) is 9.41. The Hall–Kier alpha value is -2.15. The van der Waals surface area contributed by atoms with Gasteiger partial charge in [0.15, 0.2) is 0 Å². The summed E-state index contributed by atoms with van der Waals surface area (Å²) in [6.45, 7) is 2.77. The Labute approximate surface area is 87.6 Å². The molecule has 0 saturated carbocycles. The summed E-state index contributed by atoms with van der Waals surface area (Å²) in [5, 5.41) is 13.9. The fourth-order valence-corrected chi connectivity index (χ4v) is 1.46.